The fraction of sp³-hybridized carbons (Fsp3) is 0.739. The summed E-state index contributed by atoms with van der Waals surface area (Å²) in [6.45, 7) is 18.0. The SMILES string of the molecule is Cc1sc2nc(CN3CCC(C)CC3)nc(NCC3CCN(C(C)C)C3)c2c1C. The zero-order valence-electron chi connectivity index (χ0n) is 18.8. The van der Waals surface area contributed by atoms with Gasteiger partial charge in [0.2, 0.25) is 0 Å². The van der Waals surface area contributed by atoms with Crippen LogP contribution in [0.4, 0.5) is 5.82 Å². The average molecular weight is 416 g/mol. The predicted molar refractivity (Wildman–Crippen MR) is 124 cm³/mol. The number of aryl methyl sites for hydroxylation is 2. The molecule has 160 valence electrons. The topological polar surface area (TPSA) is 44.3 Å². The first kappa shape index (κ1) is 21.0. The van der Waals surface area contributed by atoms with E-state index < -0.39 is 0 Å². The highest BCUT2D eigenvalue weighted by atomic mass is 32.1. The lowest BCUT2D eigenvalue weighted by Gasteiger charge is -2.29. The number of aromatic nitrogens is 2. The molecule has 0 amide bonds. The fourth-order valence-electron chi connectivity index (χ4n) is 4.65. The Hall–Kier alpha value is -1.24. The maximum absolute atomic E-state index is 5.03. The molecule has 0 spiro atoms. The normalized spacial score (nSPS) is 22.2. The van der Waals surface area contributed by atoms with Gasteiger partial charge in [-0.1, -0.05) is 6.92 Å². The Bertz CT molecular complexity index is 837. The minimum atomic E-state index is 0.645. The van der Waals surface area contributed by atoms with E-state index in [1.807, 2.05) is 11.3 Å². The molecule has 2 aliphatic rings. The Morgan fingerprint density at radius 3 is 2.55 bits per heavy atom. The van der Waals surface area contributed by atoms with Crippen molar-refractivity contribution in [2.75, 3.05) is 38.0 Å². The Kier molecular flexibility index (Phi) is 6.42. The number of rotatable bonds is 6. The summed E-state index contributed by atoms with van der Waals surface area (Å²) in [5.74, 6) is 3.59. The molecule has 0 aliphatic carbocycles. The van der Waals surface area contributed by atoms with Crippen LogP contribution in [0.1, 0.15) is 56.3 Å². The van der Waals surface area contributed by atoms with Crippen LogP contribution in [0.3, 0.4) is 0 Å². The number of hydrogen-bond acceptors (Lipinski definition) is 6. The van der Waals surface area contributed by atoms with E-state index in [1.165, 1.54) is 61.3 Å². The molecular formula is C23H37N5S. The molecule has 6 heteroatoms. The molecule has 1 unspecified atom stereocenters. The molecular weight excluding hydrogens is 378 g/mol. The minimum Gasteiger partial charge on any atom is -0.369 e. The Morgan fingerprint density at radius 2 is 1.86 bits per heavy atom. The second kappa shape index (κ2) is 8.86. The highest BCUT2D eigenvalue weighted by molar-refractivity contribution is 7.18. The van der Waals surface area contributed by atoms with E-state index >= 15 is 0 Å². The van der Waals surface area contributed by atoms with E-state index in [0.29, 0.717) is 12.0 Å². The van der Waals surface area contributed by atoms with Crippen molar-refractivity contribution in [1.29, 1.82) is 0 Å². The molecule has 0 saturated carbocycles. The summed E-state index contributed by atoms with van der Waals surface area (Å²) in [6.07, 6.45) is 3.86. The highest BCUT2D eigenvalue weighted by Crippen LogP contribution is 2.34. The van der Waals surface area contributed by atoms with Crippen molar-refractivity contribution in [3.63, 3.8) is 0 Å². The van der Waals surface area contributed by atoms with Gasteiger partial charge in [0.05, 0.1) is 11.9 Å². The van der Waals surface area contributed by atoms with E-state index in [2.05, 4.69) is 49.7 Å². The summed E-state index contributed by atoms with van der Waals surface area (Å²) in [5, 5.41) is 4.98. The van der Waals surface area contributed by atoms with Gasteiger partial charge in [-0.05, 0) is 84.0 Å². The van der Waals surface area contributed by atoms with Crippen LogP contribution < -0.4 is 5.32 Å². The maximum atomic E-state index is 5.03. The molecule has 4 heterocycles. The van der Waals surface area contributed by atoms with Crippen LogP contribution in [-0.2, 0) is 6.54 Å². The van der Waals surface area contributed by atoms with Crippen LogP contribution in [0.15, 0.2) is 0 Å². The molecule has 2 aliphatic heterocycles. The monoisotopic (exact) mass is 415 g/mol. The summed E-state index contributed by atoms with van der Waals surface area (Å²) >= 11 is 1.81. The first-order chi connectivity index (χ1) is 13.9. The predicted octanol–water partition coefficient (Wildman–Crippen LogP) is 4.68. The number of fused-ring (bicyclic) bond motifs is 1. The minimum absolute atomic E-state index is 0.645. The standard InChI is InChI=1S/C23H37N5S/c1-15(2)28-11-8-19(13-28)12-24-22-21-17(4)18(5)29-23(21)26-20(25-22)14-27-9-6-16(3)7-10-27/h15-16,19H,6-14H2,1-5H3,(H,24,25,26). The van der Waals surface area contributed by atoms with E-state index in [9.17, 15) is 0 Å². The van der Waals surface area contributed by atoms with Crippen LogP contribution >= 0.6 is 11.3 Å². The van der Waals surface area contributed by atoms with E-state index in [1.54, 1.807) is 0 Å². The third-order valence-corrected chi connectivity index (χ3v) is 8.02. The first-order valence-corrected chi connectivity index (χ1v) is 12.2. The lowest BCUT2D eigenvalue weighted by Crippen LogP contribution is -2.33. The molecule has 1 atom stereocenters. The molecule has 0 aromatic carbocycles. The lowest BCUT2D eigenvalue weighted by molar-refractivity contribution is 0.181. The highest BCUT2D eigenvalue weighted by Gasteiger charge is 2.25. The van der Waals surface area contributed by atoms with Gasteiger partial charge in [-0.3, -0.25) is 4.90 Å². The van der Waals surface area contributed by atoms with Crippen molar-refractivity contribution in [3.05, 3.63) is 16.3 Å². The second-order valence-corrected chi connectivity index (χ2v) is 10.7. The van der Waals surface area contributed by atoms with E-state index in [4.69, 9.17) is 9.97 Å². The smallest absolute Gasteiger partial charge is 0.146 e. The van der Waals surface area contributed by atoms with Crippen LogP contribution in [0.25, 0.3) is 10.2 Å². The molecule has 0 bridgehead atoms. The molecule has 29 heavy (non-hydrogen) atoms. The summed E-state index contributed by atoms with van der Waals surface area (Å²) in [4.78, 5) is 17.6. The van der Waals surface area contributed by atoms with Crippen LogP contribution in [0.5, 0.6) is 0 Å². The number of hydrogen-bond donors (Lipinski definition) is 1. The van der Waals surface area contributed by atoms with Gasteiger partial charge < -0.3 is 10.2 Å². The largest absolute Gasteiger partial charge is 0.369 e. The van der Waals surface area contributed by atoms with Gasteiger partial charge in [-0.25, -0.2) is 9.97 Å². The van der Waals surface area contributed by atoms with Gasteiger partial charge in [0, 0.05) is 24.0 Å². The van der Waals surface area contributed by atoms with Crippen molar-refractivity contribution < 1.29 is 0 Å². The van der Waals surface area contributed by atoms with Gasteiger partial charge in [0.15, 0.2) is 0 Å². The second-order valence-electron chi connectivity index (χ2n) is 9.53. The van der Waals surface area contributed by atoms with Gasteiger partial charge in [0.1, 0.15) is 16.5 Å². The summed E-state index contributed by atoms with van der Waals surface area (Å²) in [5.41, 5.74) is 1.33. The van der Waals surface area contributed by atoms with Crippen molar-refractivity contribution in [2.45, 2.75) is 66.5 Å². The molecule has 0 radical (unpaired) electrons. The third-order valence-electron chi connectivity index (χ3n) is 6.92. The zero-order chi connectivity index (χ0) is 20.5. The number of likely N-dealkylation sites (tertiary alicyclic amines) is 2. The Morgan fingerprint density at radius 1 is 1.10 bits per heavy atom. The van der Waals surface area contributed by atoms with Crippen molar-refractivity contribution >= 4 is 27.4 Å². The fourth-order valence-corrected chi connectivity index (χ4v) is 5.70. The maximum Gasteiger partial charge on any atom is 0.146 e. The van der Waals surface area contributed by atoms with Crippen molar-refractivity contribution in [1.82, 2.24) is 19.8 Å². The summed E-state index contributed by atoms with van der Waals surface area (Å²) < 4.78 is 0. The van der Waals surface area contributed by atoms with Gasteiger partial charge in [0.25, 0.3) is 0 Å². The van der Waals surface area contributed by atoms with Gasteiger partial charge >= 0.3 is 0 Å². The van der Waals surface area contributed by atoms with Gasteiger partial charge in [-0.15, -0.1) is 11.3 Å². The molecule has 5 nitrogen and oxygen atoms in total. The number of thiophene rings is 1. The first-order valence-electron chi connectivity index (χ1n) is 11.4. The molecule has 2 saturated heterocycles. The molecule has 2 aromatic heterocycles. The number of nitrogens with zero attached hydrogens (tertiary/aromatic N) is 4. The third kappa shape index (κ3) is 4.75. The summed E-state index contributed by atoms with van der Waals surface area (Å²) in [6, 6.07) is 0.645. The van der Waals surface area contributed by atoms with Crippen LogP contribution in [0.2, 0.25) is 0 Å². The quantitative estimate of drug-likeness (QED) is 0.742. The Balaban J connectivity index is 1.51. The zero-order valence-corrected chi connectivity index (χ0v) is 19.6. The molecule has 1 N–H and O–H groups in total. The molecule has 2 fully saturated rings. The number of nitrogens with one attached hydrogen (secondary N) is 1. The van der Waals surface area contributed by atoms with Gasteiger partial charge in [-0.2, -0.15) is 0 Å². The Labute approximate surface area is 179 Å². The number of anilines is 1. The lowest BCUT2D eigenvalue weighted by atomic mass is 9.99. The molecule has 4 rings (SSSR count). The number of piperidine rings is 1. The summed E-state index contributed by atoms with van der Waals surface area (Å²) in [7, 11) is 0. The van der Waals surface area contributed by atoms with Crippen LogP contribution in [0, 0.1) is 25.7 Å². The average Bonchev–Trinajstić information content (AvgIpc) is 3.27. The van der Waals surface area contributed by atoms with Crippen molar-refractivity contribution in [2.24, 2.45) is 11.8 Å². The van der Waals surface area contributed by atoms with E-state index in [-0.39, 0.29) is 0 Å². The van der Waals surface area contributed by atoms with Crippen LogP contribution in [-0.4, -0.2) is 58.5 Å². The van der Waals surface area contributed by atoms with E-state index in [0.717, 1.165) is 35.5 Å². The van der Waals surface area contributed by atoms with Crippen molar-refractivity contribution in [3.8, 4) is 0 Å². The molecule has 2 aromatic rings.